The Hall–Kier alpha value is -1.32. The Labute approximate surface area is 454 Å². The Morgan fingerprint density at radius 2 is 0.611 bits per heavy atom. The number of esters is 1. The fourth-order valence-corrected chi connectivity index (χ4v) is 11.0. The number of carbonyl (C=O) groups is 2. The highest BCUT2D eigenvalue weighted by Gasteiger charge is 2.26. The molecule has 0 saturated carbocycles. The van der Waals surface area contributed by atoms with Gasteiger partial charge in [0, 0.05) is 19.5 Å². The summed E-state index contributed by atoms with van der Waals surface area (Å²) in [6.45, 7) is 11.1. The van der Waals surface area contributed by atoms with Crippen molar-refractivity contribution in [3.63, 3.8) is 0 Å². The molecule has 0 bridgehead atoms. The number of hydrogen-bond acceptors (Lipinski definition) is 3. The van der Waals surface area contributed by atoms with Crippen LogP contribution in [0.2, 0.25) is 0 Å². The maximum atomic E-state index is 13.9. The van der Waals surface area contributed by atoms with Crippen LogP contribution in [0.15, 0.2) is 12.2 Å². The summed E-state index contributed by atoms with van der Waals surface area (Å²) in [6.07, 6.45) is 78.4. The van der Waals surface area contributed by atoms with Crippen LogP contribution in [0.5, 0.6) is 0 Å². The minimum atomic E-state index is -0.290. The van der Waals surface area contributed by atoms with E-state index < -0.39 is 0 Å². The number of rotatable bonds is 62. The van der Waals surface area contributed by atoms with Crippen LogP contribution < -0.4 is 0 Å². The van der Waals surface area contributed by atoms with Crippen molar-refractivity contribution in [2.45, 2.75) is 387 Å². The van der Waals surface area contributed by atoms with Gasteiger partial charge < -0.3 is 9.64 Å². The Balaban J connectivity index is 3.99. The van der Waals surface area contributed by atoms with E-state index in [1.807, 2.05) is 0 Å². The number of nitrogens with zero attached hydrogens (tertiary/aromatic N) is 1. The molecule has 0 spiro atoms. The first kappa shape index (κ1) is 70.7. The van der Waals surface area contributed by atoms with E-state index in [-0.39, 0.29) is 17.8 Å². The molecule has 4 heteroatoms. The van der Waals surface area contributed by atoms with Gasteiger partial charge in [-0.25, -0.2) is 0 Å². The lowest BCUT2D eigenvalue weighted by atomic mass is 9.96. The van der Waals surface area contributed by atoms with Gasteiger partial charge in [0.1, 0.15) is 0 Å². The van der Waals surface area contributed by atoms with E-state index in [4.69, 9.17) is 4.74 Å². The molecule has 0 aromatic rings. The number of ether oxygens (including phenoxy) is 1. The monoisotopic (exact) mass is 1010 g/mol. The summed E-state index contributed by atoms with van der Waals surface area (Å²) in [5, 5.41) is 0. The first-order valence-corrected chi connectivity index (χ1v) is 33.7. The third-order valence-corrected chi connectivity index (χ3v) is 16.1. The van der Waals surface area contributed by atoms with Crippen LogP contribution >= 0.6 is 0 Å². The lowest BCUT2D eigenvalue weighted by Gasteiger charge is -2.25. The first-order valence-electron chi connectivity index (χ1n) is 33.7. The number of amides is 1. The van der Waals surface area contributed by atoms with E-state index in [9.17, 15) is 9.59 Å². The lowest BCUT2D eigenvalue weighted by Crippen LogP contribution is -2.35. The summed E-state index contributed by atoms with van der Waals surface area (Å²) in [4.78, 5) is 29.5. The van der Waals surface area contributed by atoms with Crippen molar-refractivity contribution < 1.29 is 14.3 Å². The largest absolute Gasteiger partial charge is 0.465 e. The molecule has 0 N–H and O–H groups in total. The summed E-state index contributed by atoms with van der Waals surface area (Å²) in [6, 6.07) is 0. The molecule has 1 unspecified atom stereocenters. The Kier molecular flexibility index (Phi) is 61.1. The molecule has 4 nitrogen and oxygen atoms in total. The van der Waals surface area contributed by atoms with Crippen molar-refractivity contribution in [1.29, 1.82) is 0 Å². The molecule has 1 atom stereocenters. The van der Waals surface area contributed by atoms with E-state index in [0.29, 0.717) is 13.0 Å². The van der Waals surface area contributed by atoms with Crippen molar-refractivity contribution in [2.24, 2.45) is 5.92 Å². The minimum Gasteiger partial charge on any atom is -0.465 e. The number of allylic oxidation sites excluding steroid dienone is 2. The van der Waals surface area contributed by atoms with Gasteiger partial charge in [-0.1, -0.05) is 348 Å². The molecule has 1 amide bonds. The van der Waals surface area contributed by atoms with Crippen molar-refractivity contribution in [1.82, 2.24) is 4.90 Å². The maximum Gasteiger partial charge on any atom is 0.309 e. The van der Waals surface area contributed by atoms with Crippen molar-refractivity contribution in [3.8, 4) is 0 Å². The molecule has 0 aliphatic heterocycles. The molecule has 0 aliphatic carbocycles. The molecule has 0 aromatic carbocycles. The van der Waals surface area contributed by atoms with E-state index in [1.54, 1.807) is 0 Å². The highest BCUT2D eigenvalue weighted by molar-refractivity contribution is 5.83. The van der Waals surface area contributed by atoms with Crippen LogP contribution in [0.3, 0.4) is 0 Å². The fourth-order valence-electron chi connectivity index (χ4n) is 11.0. The fraction of sp³-hybridized carbons (Fsp3) is 0.941. The first-order chi connectivity index (χ1) is 35.6. The Morgan fingerprint density at radius 3 is 0.917 bits per heavy atom. The standard InChI is InChI=1S/C68H133NO3/c1-5-9-13-17-21-22-23-24-25-26-27-28-29-30-31-32-33-34-35-36-37-38-39-40-41-42-43-44-45-46-47-48-49-50-51-52-53-57-61-66(68(71)72-64-60-56-20-16-12-8-4)65-67(70)69(62-58-54-18-14-10-6-2)63-59-55-19-15-11-7-3/h5,9,66H,6-8,10-65H2,1-4H3/b9-5+. The van der Waals surface area contributed by atoms with Gasteiger partial charge in [-0.2, -0.15) is 0 Å². The van der Waals surface area contributed by atoms with Gasteiger partial charge in [-0.05, 0) is 45.4 Å². The van der Waals surface area contributed by atoms with E-state index in [2.05, 4.69) is 44.7 Å². The van der Waals surface area contributed by atoms with Gasteiger partial charge in [0.25, 0.3) is 0 Å². The van der Waals surface area contributed by atoms with Gasteiger partial charge >= 0.3 is 5.97 Å². The van der Waals surface area contributed by atoms with Crippen LogP contribution in [0.25, 0.3) is 0 Å². The average molecular weight is 1010 g/mol. The number of hydrogen-bond donors (Lipinski definition) is 0. The molecular weight excluding hydrogens is 879 g/mol. The van der Waals surface area contributed by atoms with Crippen molar-refractivity contribution >= 4 is 11.9 Å². The van der Waals surface area contributed by atoms with Gasteiger partial charge in [0.2, 0.25) is 5.91 Å². The van der Waals surface area contributed by atoms with E-state index >= 15 is 0 Å². The molecular formula is C68H133NO3. The van der Waals surface area contributed by atoms with Gasteiger partial charge in [0.15, 0.2) is 0 Å². The predicted molar refractivity (Wildman–Crippen MR) is 321 cm³/mol. The SMILES string of the molecule is C/C=C/CCCCCCCCCCCCCCCCCCCCCCCCCCCCCCCCCCCCCC(CC(=O)N(CCCCCCCC)CCCCCCCC)C(=O)OCCCCCCCC. The van der Waals surface area contributed by atoms with E-state index in [1.165, 1.54) is 308 Å². The predicted octanol–water partition coefficient (Wildman–Crippen LogP) is 23.5. The minimum absolute atomic E-state index is 0.114. The van der Waals surface area contributed by atoms with Crippen molar-refractivity contribution in [2.75, 3.05) is 19.7 Å². The summed E-state index contributed by atoms with van der Waals surface area (Å²) in [5.74, 6) is -0.215. The zero-order valence-electron chi connectivity index (χ0n) is 50.1. The molecule has 0 heterocycles. The van der Waals surface area contributed by atoms with Gasteiger partial charge in [0.05, 0.1) is 12.5 Å². The molecule has 428 valence electrons. The average Bonchev–Trinajstić information content (AvgIpc) is 3.38. The number of unbranched alkanes of at least 4 members (excludes halogenated alkanes) is 50. The molecule has 72 heavy (non-hydrogen) atoms. The van der Waals surface area contributed by atoms with Crippen LogP contribution in [-0.4, -0.2) is 36.5 Å². The van der Waals surface area contributed by atoms with E-state index in [0.717, 1.165) is 58.0 Å². The normalized spacial score (nSPS) is 12.1. The molecule has 0 radical (unpaired) electrons. The zero-order valence-corrected chi connectivity index (χ0v) is 50.1. The van der Waals surface area contributed by atoms with Crippen LogP contribution in [0.1, 0.15) is 387 Å². The van der Waals surface area contributed by atoms with Gasteiger partial charge in [-0.15, -0.1) is 0 Å². The van der Waals surface area contributed by atoms with Crippen molar-refractivity contribution in [3.05, 3.63) is 12.2 Å². The molecule has 0 saturated heterocycles. The summed E-state index contributed by atoms with van der Waals surface area (Å²) in [7, 11) is 0. The summed E-state index contributed by atoms with van der Waals surface area (Å²) < 4.78 is 5.88. The molecule has 0 aromatic heterocycles. The smallest absolute Gasteiger partial charge is 0.309 e. The second-order valence-corrected chi connectivity index (χ2v) is 23.3. The second-order valence-electron chi connectivity index (χ2n) is 23.3. The maximum absolute atomic E-state index is 13.9. The Bertz CT molecular complexity index is 1060. The third-order valence-electron chi connectivity index (χ3n) is 16.1. The quantitative estimate of drug-likeness (QED) is 0.0346. The number of carbonyl (C=O) groups excluding carboxylic acids is 2. The summed E-state index contributed by atoms with van der Waals surface area (Å²) in [5.41, 5.74) is 0. The third kappa shape index (κ3) is 54.9. The summed E-state index contributed by atoms with van der Waals surface area (Å²) >= 11 is 0. The van der Waals surface area contributed by atoms with Gasteiger partial charge in [-0.3, -0.25) is 9.59 Å². The van der Waals surface area contributed by atoms with Crippen LogP contribution in [-0.2, 0) is 14.3 Å². The second kappa shape index (κ2) is 62.2. The zero-order chi connectivity index (χ0) is 52.2. The highest BCUT2D eigenvalue weighted by Crippen LogP contribution is 2.22. The van der Waals surface area contributed by atoms with Crippen LogP contribution in [0, 0.1) is 5.92 Å². The van der Waals surface area contributed by atoms with Crippen LogP contribution in [0.4, 0.5) is 0 Å². The molecule has 0 fully saturated rings. The topological polar surface area (TPSA) is 46.6 Å². The molecule has 0 aliphatic rings. The Morgan fingerprint density at radius 1 is 0.347 bits per heavy atom. The molecule has 0 rings (SSSR count). The lowest BCUT2D eigenvalue weighted by molar-refractivity contribution is -0.152. The highest BCUT2D eigenvalue weighted by atomic mass is 16.5.